The van der Waals surface area contributed by atoms with Crippen molar-refractivity contribution < 1.29 is 9.47 Å². The minimum absolute atomic E-state index is 0.583. The molecule has 1 fully saturated rings. The van der Waals surface area contributed by atoms with Crippen LogP contribution in [0.4, 0.5) is 11.6 Å². The second-order valence-corrected chi connectivity index (χ2v) is 7.15. The van der Waals surface area contributed by atoms with E-state index in [1.165, 1.54) is 0 Å². The van der Waals surface area contributed by atoms with Crippen molar-refractivity contribution >= 4 is 17.6 Å². The van der Waals surface area contributed by atoms with Crippen molar-refractivity contribution in [1.29, 1.82) is 0 Å². The highest BCUT2D eigenvalue weighted by Crippen LogP contribution is 2.30. The Morgan fingerprint density at radius 1 is 1.13 bits per heavy atom. The number of ether oxygens (including phenoxy) is 2. The molecule has 0 aliphatic carbocycles. The minimum atomic E-state index is 0.583. The van der Waals surface area contributed by atoms with Crippen LogP contribution in [0.15, 0.2) is 41.7 Å². The fraction of sp³-hybridized carbons (Fsp3) is 0.500. The molecule has 2 aromatic rings. The first-order valence-electron chi connectivity index (χ1n) is 10.8. The number of hydrogen-bond acceptors (Lipinski definition) is 7. The van der Waals surface area contributed by atoms with Crippen molar-refractivity contribution in [1.82, 2.24) is 20.2 Å². The Bertz CT molecular complexity index is 824. The molecule has 1 aliphatic heterocycles. The van der Waals surface area contributed by atoms with Crippen molar-refractivity contribution in [3.05, 3.63) is 36.7 Å². The molecule has 0 saturated carbocycles. The summed E-state index contributed by atoms with van der Waals surface area (Å²) in [4.78, 5) is 17.7. The van der Waals surface area contributed by atoms with Gasteiger partial charge in [0.05, 0.1) is 13.7 Å². The van der Waals surface area contributed by atoms with E-state index >= 15 is 0 Å². The van der Waals surface area contributed by atoms with E-state index in [4.69, 9.17) is 9.47 Å². The topological polar surface area (TPSA) is 87.1 Å². The molecule has 0 bridgehead atoms. The molecule has 1 saturated heterocycles. The molecule has 2 N–H and O–H groups in total. The first kappa shape index (κ1) is 22.6. The summed E-state index contributed by atoms with van der Waals surface area (Å²) in [5.41, 5.74) is 0.900. The van der Waals surface area contributed by atoms with Crippen molar-refractivity contribution in [3.63, 3.8) is 0 Å². The summed E-state index contributed by atoms with van der Waals surface area (Å²) in [6, 6.07) is 7.61. The van der Waals surface area contributed by atoms with Crippen LogP contribution in [0.5, 0.6) is 11.5 Å². The Morgan fingerprint density at radius 3 is 2.58 bits per heavy atom. The zero-order valence-corrected chi connectivity index (χ0v) is 18.7. The van der Waals surface area contributed by atoms with Crippen LogP contribution in [0.25, 0.3) is 0 Å². The van der Waals surface area contributed by atoms with Gasteiger partial charge in [-0.3, -0.25) is 9.89 Å². The molecule has 0 unspecified atom stereocenters. The third-order valence-electron chi connectivity index (χ3n) is 5.10. The quantitative estimate of drug-likeness (QED) is 0.357. The maximum Gasteiger partial charge on any atom is 0.225 e. The molecule has 0 spiro atoms. The molecule has 1 aliphatic rings. The van der Waals surface area contributed by atoms with E-state index in [0.717, 1.165) is 63.3 Å². The summed E-state index contributed by atoms with van der Waals surface area (Å²) in [6.07, 6.45) is 4.63. The Morgan fingerprint density at radius 2 is 1.90 bits per heavy atom. The second-order valence-electron chi connectivity index (χ2n) is 7.15. The number of nitrogens with one attached hydrogen (secondary N) is 2. The fourth-order valence-corrected chi connectivity index (χ4v) is 3.47. The average Bonchev–Trinajstić information content (AvgIpc) is 2.82. The molecule has 3 rings (SSSR count). The SMILES string of the molecule is CCOc1cc(NC(=NC)NCCCN2CCN(c3ncccn3)CC2)ccc1OC. The van der Waals surface area contributed by atoms with Gasteiger partial charge in [-0.1, -0.05) is 0 Å². The lowest BCUT2D eigenvalue weighted by Gasteiger charge is -2.34. The number of aromatic nitrogens is 2. The van der Waals surface area contributed by atoms with E-state index in [0.29, 0.717) is 18.1 Å². The van der Waals surface area contributed by atoms with E-state index < -0.39 is 0 Å². The highest BCUT2D eigenvalue weighted by atomic mass is 16.5. The van der Waals surface area contributed by atoms with Crippen LogP contribution in [0, 0.1) is 0 Å². The largest absolute Gasteiger partial charge is 0.493 e. The number of nitrogens with zero attached hydrogens (tertiary/aromatic N) is 5. The van der Waals surface area contributed by atoms with Crippen LogP contribution in [0.2, 0.25) is 0 Å². The van der Waals surface area contributed by atoms with Gasteiger partial charge in [-0.15, -0.1) is 0 Å². The smallest absolute Gasteiger partial charge is 0.225 e. The maximum atomic E-state index is 5.64. The van der Waals surface area contributed by atoms with Gasteiger partial charge < -0.3 is 25.0 Å². The Kier molecular flexibility index (Phi) is 8.71. The third kappa shape index (κ3) is 6.71. The van der Waals surface area contributed by atoms with Crippen molar-refractivity contribution in [2.75, 3.05) is 70.2 Å². The van der Waals surface area contributed by atoms with E-state index in [2.05, 4.69) is 35.4 Å². The molecule has 9 nitrogen and oxygen atoms in total. The monoisotopic (exact) mass is 427 g/mol. The van der Waals surface area contributed by atoms with Crippen molar-refractivity contribution in [3.8, 4) is 11.5 Å². The van der Waals surface area contributed by atoms with Crippen LogP contribution in [0.1, 0.15) is 13.3 Å². The lowest BCUT2D eigenvalue weighted by Crippen LogP contribution is -2.47. The standard InChI is InChI=1S/C22H33N7O2/c1-4-31-20-17-18(7-8-19(20)30-3)27-21(23-2)24-11-6-12-28-13-15-29(16-14-28)22-25-9-5-10-26-22/h5,7-10,17H,4,6,11-16H2,1-3H3,(H2,23,24,27). The lowest BCUT2D eigenvalue weighted by atomic mass is 10.2. The number of guanidine groups is 1. The van der Waals surface area contributed by atoms with Gasteiger partial charge in [0.2, 0.25) is 5.95 Å². The van der Waals surface area contributed by atoms with Crippen molar-refractivity contribution in [2.24, 2.45) is 4.99 Å². The summed E-state index contributed by atoms with van der Waals surface area (Å²) >= 11 is 0. The van der Waals surface area contributed by atoms with Gasteiger partial charge in [-0.2, -0.15) is 0 Å². The van der Waals surface area contributed by atoms with Crippen LogP contribution >= 0.6 is 0 Å². The van der Waals surface area contributed by atoms with Crippen LogP contribution in [-0.2, 0) is 0 Å². The number of piperazine rings is 1. The van der Waals surface area contributed by atoms with Gasteiger partial charge in [0.15, 0.2) is 17.5 Å². The van der Waals surface area contributed by atoms with Gasteiger partial charge in [0.25, 0.3) is 0 Å². The number of methoxy groups -OCH3 is 1. The molecular formula is C22H33N7O2. The molecule has 168 valence electrons. The molecule has 1 aromatic carbocycles. The first-order chi connectivity index (χ1) is 15.2. The van der Waals surface area contributed by atoms with Crippen LogP contribution in [0.3, 0.4) is 0 Å². The molecule has 0 atom stereocenters. The number of anilines is 2. The molecule has 0 amide bonds. The molecule has 0 radical (unpaired) electrons. The fourth-order valence-electron chi connectivity index (χ4n) is 3.47. The highest BCUT2D eigenvalue weighted by Gasteiger charge is 2.18. The summed E-state index contributed by atoms with van der Waals surface area (Å²) in [6.45, 7) is 8.39. The predicted molar refractivity (Wildman–Crippen MR) is 124 cm³/mol. The number of hydrogen-bond donors (Lipinski definition) is 2. The summed E-state index contributed by atoms with van der Waals surface area (Å²) in [5, 5.41) is 6.69. The second kappa shape index (κ2) is 11.9. The van der Waals surface area contributed by atoms with Gasteiger partial charge in [-0.25, -0.2) is 9.97 Å². The number of benzene rings is 1. The normalized spacial score (nSPS) is 14.9. The van der Waals surface area contributed by atoms with Gasteiger partial charge in [0.1, 0.15) is 0 Å². The highest BCUT2D eigenvalue weighted by molar-refractivity contribution is 5.93. The van der Waals surface area contributed by atoms with E-state index in [9.17, 15) is 0 Å². The maximum absolute atomic E-state index is 5.64. The Labute approximate surface area is 184 Å². The van der Waals surface area contributed by atoms with Crippen LogP contribution in [-0.4, -0.2) is 80.9 Å². The predicted octanol–water partition coefficient (Wildman–Crippen LogP) is 2.08. The first-order valence-corrected chi connectivity index (χ1v) is 10.8. The molecule has 9 heteroatoms. The average molecular weight is 428 g/mol. The van der Waals surface area contributed by atoms with Gasteiger partial charge >= 0.3 is 0 Å². The van der Waals surface area contributed by atoms with E-state index in [1.807, 2.05) is 31.2 Å². The zero-order chi connectivity index (χ0) is 21.9. The number of aliphatic imine (C=N–C) groups is 1. The zero-order valence-electron chi connectivity index (χ0n) is 18.7. The molecule has 1 aromatic heterocycles. The molecular weight excluding hydrogens is 394 g/mol. The Balaban J connectivity index is 1.38. The molecule has 2 heterocycles. The lowest BCUT2D eigenvalue weighted by molar-refractivity contribution is 0.254. The van der Waals surface area contributed by atoms with Gasteiger partial charge in [0, 0.05) is 63.9 Å². The Hall–Kier alpha value is -3.07. The summed E-state index contributed by atoms with van der Waals surface area (Å²) < 4.78 is 11.0. The summed E-state index contributed by atoms with van der Waals surface area (Å²) in [7, 11) is 3.41. The van der Waals surface area contributed by atoms with Crippen LogP contribution < -0.4 is 25.0 Å². The van der Waals surface area contributed by atoms with E-state index in [1.54, 1.807) is 26.6 Å². The van der Waals surface area contributed by atoms with E-state index in [-0.39, 0.29) is 0 Å². The van der Waals surface area contributed by atoms with Gasteiger partial charge in [-0.05, 0) is 38.1 Å². The van der Waals surface area contributed by atoms with Crippen molar-refractivity contribution in [2.45, 2.75) is 13.3 Å². The molecule has 31 heavy (non-hydrogen) atoms. The third-order valence-corrected chi connectivity index (χ3v) is 5.10. The number of rotatable bonds is 9. The summed E-state index contributed by atoms with van der Waals surface area (Å²) in [5.74, 6) is 2.99. The minimum Gasteiger partial charge on any atom is -0.493 e.